The number of aryl methyl sites for hydroxylation is 1. The van der Waals surface area contributed by atoms with Crippen molar-refractivity contribution in [2.75, 3.05) is 13.6 Å². The molecule has 0 atom stereocenters. The molecule has 1 heterocycles. The van der Waals surface area contributed by atoms with Crippen LogP contribution in [0.2, 0.25) is 0 Å². The lowest BCUT2D eigenvalue weighted by Crippen LogP contribution is -2.29. The summed E-state index contributed by atoms with van der Waals surface area (Å²) in [6, 6.07) is 6.52. The van der Waals surface area contributed by atoms with Gasteiger partial charge in [-0.3, -0.25) is 0 Å². The molecule has 0 saturated heterocycles. The number of hydrogen-bond donors (Lipinski definition) is 0. The van der Waals surface area contributed by atoms with E-state index in [1.165, 1.54) is 11.4 Å². The topological polar surface area (TPSA) is 76.3 Å². The van der Waals surface area contributed by atoms with E-state index in [4.69, 9.17) is 4.52 Å². The van der Waals surface area contributed by atoms with Gasteiger partial charge in [0, 0.05) is 31.4 Å². The molecular formula is C12H14BrN3O3S. The molecule has 1 aromatic carbocycles. The Bertz CT molecular complexity index is 682. The van der Waals surface area contributed by atoms with Crippen molar-refractivity contribution in [2.24, 2.45) is 0 Å². The van der Waals surface area contributed by atoms with Crippen LogP contribution >= 0.6 is 15.9 Å². The molecule has 108 valence electrons. The van der Waals surface area contributed by atoms with E-state index in [1.54, 1.807) is 31.2 Å². The summed E-state index contributed by atoms with van der Waals surface area (Å²) in [5.41, 5.74) is 0. The zero-order valence-electron chi connectivity index (χ0n) is 11.1. The predicted molar refractivity (Wildman–Crippen MR) is 76.7 cm³/mol. The second-order valence-corrected chi connectivity index (χ2v) is 7.22. The minimum Gasteiger partial charge on any atom is -0.340 e. The lowest BCUT2D eigenvalue weighted by atomic mass is 10.4. The average Bonchev–Trinajstić information content (AvgIpc) is 2.82. The van der Waals surface area contributed by atoms with Crippen LogP contribution in [-0.2, 0) is 16.4 Å². The third-order valence-corrected chi connectivity index (χ3v) is 5.14. The van der Waals surface area contributed by atoms with Gasteiger partial charge in [0.15, 0.2) is 5.82 Å². The van der Waals surface area contributed by atoms with E-state index in [9.17, 15) is 8.42 Å². The second kappa shape index (κ2) is 6.02. The van der Waals surface area contributed by atoms with Crippen molar-refractivity contribution in [1.82, 2.24) is 14.4 Å². The molecule has 0 aliphatic rings. The van der Waals surface area contributed by atoms with Crippen LogP contribution in [-0.4, -0.2) is 36.5 Å². The number of sulfonamides is 1. The Morgan fingerprint density at radius 2 is 1.95 bits per heavy atom. The van der Waals surface area contributed by atoms with Gasteiger partial charge >= 0.3 is 0 Å². The molecule has 6 nitrogen and oxygen atoms in total. The van der Waals surface area contributed by atoms with E-state index in [-0.39, 0.29) is 11.4 Å². The predicted octanol–water partition coefficient (Wildman–Crippen LogP) is 2.00. The highest BCUT2D eigenvalue weighted by Gasteiger charge is 2.20. The SMILES string of the molecule is Cc1nc(CCN(C)S(=O)(=O)c2ccc(Br)cc2)no1. The number of rotatable bonds is 5. The second-order valence-electron chi connectivity index (χ2n) is 4.26. The highest BCUT2D eigenvalue weighted by Crippen LogP contribution is 2.17. The average molecular weight is 360 g/mol. The van der Waals surface area contributed by atoms with Crippen molar-refractivity contribution in [1.29, 1.82) is 0 Å². The first kappa shape index (κ1) is 15.1. The van der Waals surface area contributed by atoms with E-state index in [0.717, 1.165) is 4.47 Å². The highest BCUT2D eigenvalue weighted by atomic mass is 79.9. The van der Waals surface area contributed by atoms with Gasteiger partial charge in [0.2, 0.25) is 15.9 Å². The minimum absolute atomic E-state index is 0.257. The molecule has 0 saturated carbocycles. The first-order chi connectivity index (χ1) is 9.39. The van der Waals surface area contributed by atoms with Crippen LogP contribution in [0.4, 0.5) is 0 Å². The lowest BCUT2D eigenvalue weighted by Gasteiger charge is -2.16. The fourth-order valence-corrected chi connectivity index (χ4v) is 3.04. The molecule has 0 radical (unpaired) electrons. The lowest BCUT2D eigenvalue weighted by molar-refractivity contribution is 0.384. The van der Waals surface area contributed by atoms with E-state index in [2.05, 4.69) is 26.1 Å². The van der Waals surface area contributed by atoms with Crippen LogP contribution in [0.25, 0.3) is 0 Å². The summed E-state index contributed by atoms with van der Waals surface area (Å²) in [6.45, 7) is 1.98. The summed E-state index contributed by atoms with van der Waals surface area (Å²) in [5, 5.41) is 3.74. The number of aromatic nitrogens is 2. The summed E-state index contributed by atoms with van der Waals surface area (Å²) < 4.78 is 31.6. The molecule has 1 aromatic heterocycles. The number of benzene rings is 1. The molecule has 0 N–H and O–H groups in total. The van der Waals surface area contributed by atoms with E-state index in [0.29, 0.717) is 18.1 Å². The maximum atomic E-state index is 12.3. The summed E-state index contributed by atoms with van der Waals surface area (Å²) in [4.78, 5) is 4.30. The number of likely N-dealkylation sites (N-methyl/N-ethyl adjacent to an activating group) is 1. The van der Waals surface area contributed by atoms with Crippen LogP contribution in [0, 0.1) is 6.92 Å². The van der Waals surface area contributed by atoms with Gasteiger partial charge in [-0.2, -0.15) is 4.98 Å². The first-order valence-electron chi connectivity index (χ1n) is 5.90. The Hall–Kier alpha value is -1.25. The van der Waals surface area contributed by atoms with Gasteiger partial charge in [-0.25, -0.2) is 12.7 Å². The monoisotopic (exact) mass is 359 g/mol. The molecule has 2 rings (SSSR count). The molecule has 20 heavy (non-hydrogen) atoms. The highest BCUT2D eigenvalue weighted by molar-refractivity contribution is 9.10. The van der Waals surface area contributed by atoms with Gasteiger partial charge in [0.05, 0.1) is 4.90 Å². The van der Waals surface area contributed by atoms with E-state index >= 15 is 0 Å². The zero-order chi connectivity index (χ0) is 14.8. The maximum Gasteiger partial charge on any atom is 0.242 e. The fraction of sp³-hybridized carbons (Fsp3) is 0.333. The Kier molecular flexibility index (Phi) is 4.56. The van der Waals surface area contributed by atoms with Crippen molar-refractivity contribution in [3.63, 3.8) is 0 Å². The van der Waals surface area contributed by atoms with Crippen LogP contribution in [0.15, 0.2) is 38.2 Å². The third-order valence-electron chi connectivity index (χ3n) is 2.74. The Balaban J connectivity index is 2.07. The Morgan fingerprint density at radius 3 is 2.50 bits per heavy atom. The summed E-state index contributed by atoms with van der Waals surface area (Å²) in [6.07, 6.45) is 0.406. The number of halogens is 1. The van der Waals surface area contributed by atoms with Crippen LogP contribution < -0.4 is 0 Å². The quantitative estimate of drug-likeness (QED) is 0.815. The van der Waals surface area contributed by atoms with Gasteiger partial charge in [0.1, 0.15) is 0 Å². The van der Waals surface area contributed by atoms with Gasteiger partial charge in [-0.05, 0) is 24.3 Å². The van der Waals surface area contributed by atoms with Gasteiger partial charge in [-0.15, -0.1) is 0 Å². The molecule has 0 bridgehead atoms. The summed E-state index contributed by atoms with van der Waals surface area (Å²) in [5.74, 6) is 0.971. The van der Waals surface area contributed by atoms with Gasteiger partial charge in [-0.1, -0.05) is 21.1 Å². The van der Waals surface area contributed by atoms with Crippen LogP contribution in [0.5, 0.6) is 0 Å². The number of nitrogens with zero attached hydrogens (tertiary/aromatic N) is 3. The van der Waals surface area contributed by atoms with Crippen molar-refractivity contribution in [3.8, 4) is 0 Å². The first-order valence-corrected chi connectivity index (χ1v) is 8.14. The summed E-state index contributed by atoms with van der Waals surface area (Å²) >= 11 is 3.28. The summed E-state index contributed by atoms with van der Waals surface area (Å²) in [7, 11) is -1.96. The molecule has 0 fully saturated rings. The van der Waals surface area contributed by atoms with Crippen LogP contribution in [0.1, 0.15) is 11.7 Å². The van der Waals surface area contributed by atoms with E-state index in [1.807, 2.05) is 0 Å². The minimum atomic E-state index is -3.49. The van der Waals surface area contributed by atoms with Crippen molar-refractivity contribution in [2.45, 2.75) is 18.2 Å². The van der Waals surface area contributed by atoms with Crippen molar-refractivity contribution in [3.05, 3.63) is 40.5 Å². The Labute approximate surface area is 126 Å². The fourth-order valence-electron chi connectivity index (χ4n) is 1.61. The largest absolute Gasteiger partial charge is 0.340 e. The maximum absolute atomic E-state index is 12.3. The third kappa shape index (κ3) is 3.44. The van der Waals surface area contributed by atoms with Crippen molar-refractivity contribution < 1.29 is 12.9 Å². The molecule has 0 amide bonds. The molecule has 0 aliphatic carbocycles. The van der Waals surface area contributed by atoms with E-state index < -0.39 is 10.0 Å². The zero-order valence-corrected chi connectivity index (χ0v) is 13.5. The molecule has 0 unspecified atom stereocenters. The van der Waals surface area contributed by atoms with Crippen LogP contribution in [0.3, 0.4) is 0 Å². The number of hydrogen-bond acceptors (Lipinski definition) is 5. The van der Waals surface area contributed by atoms with Crippen molar-refractivity contribution >= 4 is 26.0 Å². The molecule has 0 spiro atoms. The molecule has 0 aliphatic heterocycles. The Morgan fingerprint density at radius 1 is 1.30 bits per heavy atom. The standard InChI is InChI=1S/C12H14BrN3O3S/c1-9-14-12(15-19-9)7-8-16(2)20(17,18)11-5-3-10(13)4-6-11/h3-6H,7-8H2,1-2H3. The van der Waals surface area contributed by atoms with Gasteiger partial charge in [0.25, 0.3) is 0 Å². The molecule has 2 aromatic rings. The smallest absolute Gasteiger partial charge is 0.242 e. The molecular weight excluding hydrogens is 346 g/mol. The molecule has 8 heteroatoms. The van der Waals surface area contributed by atoms with Gasteiger partial charge < -0.3 is 4.52 Å². The normalized spacial score (nSPS) is 12.0.